The predicted molar refractivity (Wildman–Crippen MR) is 120 cm³/mol. The van der Waals surface area contributed by atoms with Crippen molar-refractivity contribution in [3.8, 4) is 5.88 Å². The number of para-hydroxylation sites is 1. The summed E-state index contributed by atoms with van der Waals surface area (Å²) in [7, 11) is 2.08. The number of hydrogen-bond acceptors (Lipinski definition) is 6. The first-order valence-electron chi connectivity index (χ1n) is 10.4. The largest absolute Gasteiger partial charge is 0.347 e. The smallest absolute Gasteiger partial charge is 0.287 e. The maximum atomic E-state index is 10.9. The van der Waals surface area contributed by atoms with Gasteiger partial charge in [-0.15, -0.1) is 0 Å². The van der Waals surface area contributed by atoms with E-state index in [-0.39, 0.29) is 17.5 Å². The Morgan fingerprint density at radius 2 is 2.09 bits per heavy atom. The maximum absolute atomic E-state index is 10.9. The lowest BCUT2D eigenvalue weighted by Gasteiger charge is -2.26. The molecule has 0 saturated carbocycles. The molecule has 3 heterocycles. The number of aromatic nitrogens is 4. The summed E-state index contributed by atoms with van der Waals surface area (Å²) < 4.78 is 4.35. The van der Waals surface area contributed by atoms with Crippen molar-refractivity contribution in [1.29, 1.82) is 0 Å². The zero-order chi connectivity index (χ0) is 22.2. The number of fused-ring (bicyclic) bond motifs is 3. The van der Waals surface area contributed by atoms with Gasteiger partial charge < -0.3 is 14.0 Å². The van der Waals surface area contributed by atoms with Crippen LogP contribution in [0.2, 0.25) is 0 Å². The molecule has 1 atom stereocenters. The van der Waals surface area contributed by atoms with E-state index < -0.39 is 4.92 Å². The number of benzene rings is 1. The molecule has 162 valence electrons. The van der Waals surface area contributed by atoms with Gasteiger partial charge >= 0.3 is 0 Å². The second kappa shape index (κ2) is 7.92. The SMILES string of the molecule is Cc1nccn1CC1CCc2c(c3ccccc3n2C)/C1=N/Oc1ccc([N+](=O)[O-])cn1. The second-order valence-corrected chi connectivity index (χ2v) is 7.94. The zero-order valence-electron chi connectivity index (χ0n) is 17.8. The van der Waals surface area contributed by atoms with Crippen molar-refractivity contribution >= 4 is 22.3 Å². The van der Waals surface area contributed by atoms with Gasteiger partial charge in [0.2, 0.25) is 5.88 Å². The summed E-state index contributed by atoms with van der Waals surface area (Å²) in [6, 6.07) is 11.1. The van der Waals surface area contributed by atoms with E-state index in [1.165, 1.54) is 24.0 Å². The van der Waals surface area contributed by atoms with E-state index in [0.717, 1.165) is 47.4 Å². The Bertz CT molecular complexity index is 1340. The molecule has 0 spiro atoms. The molecule has 5 rings (SSSR count). The topological polar surface area (TPSA) is 100 Å². The van der Waals surface area contributed by atoms with Gasteiger partial charge in [0, 0.05) is 66.2 Å². The molecule has 1 unspecified atom stereocenters. The van der Waals surface area contributed by atoms with Gasteiger partial charge in [0.1, 0.15) is 12.0 Å². The molecule has 9 heteroatoms. The minimum atomic E-state index is -0.490. The summed E-state index contributed by atoms with van der Waals surface area (Å²) in [5.41, 5.74) is 4.24. The monoisotopic (exact) mass is 430 g/mol. The number of rotatable bonds is 5. The number of nitro groups is 1. The van der Waals surface area contributed by atoms with Crippen molar-refractivity contribution in [1.82, 2.24) is 19.1 Å². The van der Waals surface area contributed by atoms with Crippen LogP contribution in [0.4, 0.5) is 5.69 Å². The number of aryl methyl sites for hydroxylation is 2. The number of nitrogens with zero attached hydrogens (tertiary/aromatic N) is 6. The van der Waals surface area contributed by atoms with Crippen molar-refractivity contribution in [3.63, 3.8) is 0 Å². The fourth-order valence-electron chi connectivity index (χ4n) is 4.44. The van der Waals surface area contributed by atoms with Crippen molar-refractivity contribution in [2.45, 2.75) is 26.3 Å². The molecule has 3 aromatic heterocycles. The molecule has 0 fully saturated rings. The van der Waals surface area contributed by atoms with Gasteiger partial charge in [0.05, 0.1) is 10.6 Å². The Morgan fingerprint density at radius 3 is 2.81 bits per heavy atom. The highest BCUT2D eigenvalue weighted by molar-refractivity contribution is 6.13. The summed E-state index contributed by atoms with van der Waals surface area (Å²) in [6.45, 7) is 2.73. The van der Waals surface area contributed by atoms with Gasteiger partial charge in [-0.05, 0) is 25.8 Å². The first-order chi connectivity index (χ1) is 15.5. The molecule has 1 aliphatic carbocycles. The van der Waals surface area contributed by atoms with Crippen LogP contribution in [0, 0.1) is 23.0 Å². The third-order valence-corrected chi connectivity index (χ3v) is 6.11. The lowest BCUT2D eigenvalue weighted by molar-refractivity contribution is -0.385. The zero-order valence-corrected chi connectivity index (χ0v) is 17.8. The van der Waals surface area contributed by atoms with Gasteiger partial charge in [-0.25, -0.2) is 9.97 Å². The van der Waals surface area contributed by atoms with Crippen LogP contribution in [0.1, 0.15) is 23.5 Å². The van der Waals surface area contributed by atoms with Crippen molar-refractivity contribution < 1.29 is 9.76 Å². The molecule has 0 bridgehead atoms. The summed E-state index contributed by atoms with van der Waals surface area (Å²) >= 11 is 0. The molecule has 0 N–H and O–H groups in total. The van der Waals surface area contributed by atoms with E-state index in [9.17, 15) is 10.1 Å². The molecule has 0 saturated heterocycles. The number of hydrogen-bond donors (Lipinski definition) is 0. The lowest BCUT2D eigenvalue weighted by Crippen LogP contribution is -2.28. The first kappa shape index (κ1) is 19.9. The van der Waals surface area contributed by atoms with Crippen LogP contribution in [0.5, 0.6) is 5.88 Å². The van der Waals surface area contributed by atoms with Crippen LogP contribution < -0.4 is 4.84 Å². The Labute approximate surface area is 184 Å². The first-order valence-corrected chi connectivity index (χ1v) is 10.4. The summed E-state index contributed by atoms with van der Waals surface area (Å²) in [6.07, 6.45) is 6.81. The molecular weight excluding hydrogens is 408 g/mol. The third kappa shape index (κ3) is 3.41. The number of oxime groups is 1. The Kier molecular flexibility index (Phi) is 4.93. The average molecular weight is 430 g/mol. The Morgan fingerprint density at radius 1 is 1.25 bits per heavy atom. The van der Waals surface area contributed by atoms with E-state index in [4.69, 9.17) is 4.84 Å². The van der Waals surface area contributed by atoms with Crippen LogP contribution in [0.3, 0.4) is 0 Å². The van der Waals surface area contributed by atoms with Crippen LogP contribution in [-0.4, -0.2) is 29.7 Å². The van der Waals surface area contributed by atoms with Gasteiger partial charge in [0.25, 0.3) is 5.69 Å². The van der Waals surface area contributed by atoms with Crippen LogP contribution in [0.15, 0.2) is 60.1 Å². The average Bonchev–Trinajstić information content (AvgIpc) is 3.34. The summed E-state index contributed by atoms with van der Waals surface area (Å²) in [5.74, 6) is 1.29. The highest BCUT2D eigenvalue weighted by atomic mass is 16.6. The predicted octanol–water partition coefficient (Wildman–Crippen LogP) is 4.03. The van der Waals surface area contributed by atoms with E-state index >= 15 is 0 Å². The van der Waals surface area contributed by atoms with Crippen LogP contribution in [-0.2, 0) is 20.0 Å². The molecule has 1 aliphatic rings. The van der Waals surface area contributed by atoms with Gasteiger partial charge in [-0.2, -0.15) is 0 Å². The van der Waals surface area contributed by atoms with Crippen molar-refractivity contribution in [3.05, 3.63) is 82.2 Å². The molecular formula is C23H22N6O3. The molecule has 4 aromatic rings. The minimum Gasteiger partial charge on any atom is -0.347 e. The molecule has 0 amide bonds. The Balaban J connectivity index is 1.57. The number of pyridine rings is 1. The van der Waals surface area contributed by atoms with E-state index in [1.807, 2.05) is 25.3 Å². The highest BCUT2D eigenvalue weighted by Gasteiger charge is 2.31. The highest BCUT2D eigenvalue weighted by Crippen LogP contribution is 2.35. The van der Waals surface area contributed by atoms with Crippen molar-refractivity contribution in [2.75, 3.05) is 0 Å². The maximum Gasteiger partial charge on any atom is 0.287 e. The van der Waals surface area contributed by atoms with E-state index in [1.54, 1.807) is 6.20 Å². The molecule has 1 aromatic carbocycles. The van der Waals surface area contributed by atoms with Crippen LogP contribution in [0.25, 0.3) is 10.9 Å². The van der Waals surface area contributed by atoms with Crippen molar-refractivity contribution in [2.24, 2.45) is 18.1 Å². The molecule has 9 nitrogen and oxygen atoms in total. The quantitative estimate of drug-likeness (QED) is 0.351. The van der Waals surface area contributed by atoms with Gasteiger partial charge in [-0.1, -0.05) is 23.4 Å². The summed E-state index contributed by atoms with van der Waals surface area (Å²) in [5, 5.41) is 16.6. The van der Waals surface area contributed by atoms with Gasteiger partial charge in [-0.3, -0.25) is 10.1 Å². The molecule has 32 heavy (non-hydrogen) atoms. The minimum absolute atomic E-state index is 0.0903. The Hall–Kier alpha value is -4.01. The second-order valence-electron chi connectivity index (χ2n) is 7.94. The fourth-order valence-corrected chi connectivity index (χ4v) is 4.44. The fraction of sp³-hybridized carbons (Fsp3) is 0.261. The van der Waals surface area contributed by atoms with E-state index in [2.05, 4.69) is 43.4 Å². The summed E-state index contributed by atoms with van der Waals surface area (Å²) in [4.78, 5) is 24.5. The van der Waals surface area contributed by atoms with Crippen LogP contribution >= 0.6 is 0 Å². The molecule has 0 aliphatic heterocycles. The van der Waals surface area contributed by atoms with E-state index in [0.29, 0.717) is 0 Å². The standard InChI is InChI=1S/C23H22N6O3/c1-15-24-11-12-28(15)14-16-7-9-20-22(18-5-3-4-6-19(18)27(20)2)23(16)26-32-21-10-8-17(13-25-21)29(30)31/h3-6,8,10-13,16H,7,9,14H2,1-2H3/b26-23+. The lowest BCUT2D eigenvalue weighted by atomic mass is 9.84. The normalized spacial score (nSPS) is 16.9. The van der Waals surface area contributed by atoms with Gasteiger partial charge in [0.15, 0.2) is 0 Å². The molecule has 0 radical (unpaired) electrons. The number of imidazole rings is 1. The third-order valence-electron chi connectivity index (χ3n) is 6.11.